The summed E-state index contributed by atoms with van der Waals surface area (Å²) in [5.41, 5.74) is 1.25. The van der Waals surface area contributed by atoms with E-state index in [1.807, 2.05) is 42.1 Å². The molecule has 1 aromatic carbocycles. The second kappa shape index (κ2) is 7.43. The summed E-state index contributed by atoms with van der Waals surface area (Å²) in [4.78, 5) is 6.53. The lowest BCUT2D eigenvalue weighted by atomic mass is 10.1. The predicted octanol–water partition coefficient (Wildman–Crippen LogP) is 2.11. The summed E-state index contributed by atoms with van der Waals surface area (Å²) in [5.74, 6) is 1.01. The second-order valence-electron chi connectivity index (χ2n) is 4.83. The maximum Gasteiger partial charge on any atom is 0.122 e. The molecule has 1 N–H and O–H groups in total. The average molecular weight is 294 g/mol. The van der Waals surface area contributed by atoms with Crippen LogP contribution in [0.1, 0.15) is 11.4 Å². The summed E-state index contributed by atoms with van der Waals surface area (Å²) in [7, 11) is 1.98. The second-order valence-corrected chi connectivity index (χ2v) is 5.27. The van der Waals surface area contributed by atoms with E-state index in [0.29, 0.717) is 6.54 Å². The van der Waals surface area contributed by atoms with Gasteiger partial charge < -0.3 is 9.67 Å². The number of aliphatic hydroxyl groups is 1. The lowest BCUT2D eigenvalue weighted by molar-refractivity contribution is 0.187. The first-order valence-corrected chi connectivity index (χ1v) is 7.10. The van der Waals surface area contributed by atoms with Crippen molar-refractivity contribution in [2.75, 3.05) is 19.7 Å². The molecule has 4 nitrogen and oxygen atoms in total. The number of aryl methyl sites for hydroxylation is 1. The number of halogens is 1. The molecular weight excluding hydrogens is 274 g/mol. The fourth-order valence-corrected chi connectivity index (χ4v) is 2.22. The molecule has 0 aliphatic carbocycles. The zero-order chi connectivity index (χ0) is 14.4. The molecule has 0 atom stereocenters. The van der Waals surface area contributed by atoms with E-state index in [9.17, 15) is 5.11 Å². The van der Waals surface area contributed by atoms with E-state index in [1.165, 1.54) is 5.56 Å². The first kappa shape index (κ1) is 15.0. The Balaban J connectivity index is 1.92. The van der Waals surface area contributed by atoms with Crippen molar-refractivity contribution in [2.45, 2.75) is 13.0 Å². The Bertz CT molecular complexity index is 524. The van der Waals surface area contributed by atoms with E-state index in [4.69, 9.17) is 11.6 Å². The van der Waals surface area contributed by atoms with Crippen molar-refractivity contribution in [1.29, 1.82) is 0 Å². The Kier molecular flexibility index (Phi) is 5.59. The maximum absolute atomic E-state index is 9.18. The Labute approximate surface area is 124 Å². The van der Waals surface area contributed by atoms with Gasteiger partial charge in [0.2, 0.25) is 0 Å². The highest BCUT2D eigenvalue weighted by Gasteiger charge is 2.09. The summed E-state index contributed by atoms with van der Waals surface area (Å²) in [5, 5.41) is 9.94. The van der Waals surface area contributed by atoms with Crippen molar-refractivity contribution in [1.82, 2.24) is 14.5 Å². The van der Waals surface area contributed by atoms with Gasteiger partial charge in [0, 0.05) is 37.6 Å². The third-order valence-electron chi connectivity index (χ3n) is 3.33. The van der Waals surface area contributed by atoms with E-state index in [2.05, 4.69) is 9.88 Å². The van der Waals surface area contributed by atoms with Gasteiger partial charge in [-0.3, -0.25) is 4.90 Å². The van der Waals surface area contributed by atoms with Gasteiger partial charge in [0.05, 0.1) is 13.2 Å². The van der Waals surface area contributed by atoms with E-state index in [0.717, 1.165) is 30.4 Å². The van der Waals surface area contributed by atoms with Crippen molar-refractivity contribution in [2.24, 2.45) is 7.05 Å². The molecule has 0 spiro atoms. The Morgan fingerprint density at radius 2 is 2.00 bits per heavy atom. The molecule has 0 saturated carbocycles. The first-order valence-electron chi connectivity index (χ1n) is 6.73. The fraction of sp³-hybridized carbons (Fsp3) is 0.400. The molecule has 5 heteroatoms. The van der Waals surface area contributed by atoms with Crippen LogP contribution in [0, 0.1) is 0 Å². The van der Waals surface area contributed by atoms with Crippen molar-refractivity contribution < 1.29 is 5.11 Å². The summed E-state index contributed by atoms with van der Waals surface area (Å²) < 4.78 is 2.01. The van der Waals surface area contributed by atoms with Crippen LogP contribution in [0.25, 0.3) is 0 Å². The van der Waals surface area contributed by atoms with Gasteiger partial charge in [-0.1, -0.05) is 23.7 Å². The number of nitrogens with zero attached hydrogens (tertiary/aromatic N) is 3. The standard InChI is InChI=1S/C15H20ClN3O/c1-18-9-7-17-15(18)12-19(10-11-20)8-6-13-2-4-14(16)5-3-13/h2-5,7,9,20H,6,8,10-12H2,1H3. The topological polar surface area (TPSA) is 41.3 Å². The van der Waals surface area contributed by atoms with Crippen LogP contribution in [0.15, 0.2) is 36.7 Å². The zero-order valence-corrected chi connectivity index (χ0v) is 12.4. The molecule has 0 aliphatic rings. The molecule has 1 heterocycles. The lowest BCUT2D eigenvalue weighted by Crippen LogP contribution is -2.29. The van der Waals surface area contributed by atoms with Gasteiger partial charge in [-0.15, -0.1) is 0 Å². The number of hydrogen-bond acceptors (Lipinski definition) is 3. The molecule has 0 fully saturated rings. The molecule has 0 bridgehead atoms. The van der Waals surface area contributed by atoms with Crippen LogP contribution in [0.5, 0.6) is 0 Å². The Morgan fingerprint density at radius 3 is 2.60 bits per heavy atom. The minimum Gasteiger partial charge on any atom is -0.395 e. The third-order valence-corrected chi connectivity index (χ3v) is 3.58. The molecule has 20 heavy (non-hydrogen) atoms. The average Bonchev–Trinajstić information content (AvgIpc) is 2.84. The lowest BCUT2D eigenvalue weighted by Gasteiger charge is -2.21. The van der Waals surface area contributed by atoms with Crippen molar-refractivity contribution in [3.63, 3.8) is 0 Å². The normalized spacial score (nSPS) is 11.2. The molecule has 0 saturated heterocycles. The summed E-state index contributed by atoms with van der Waals surface area (Å²) in [6.45, 7) is 2.44. The van der Waals surface area contributed by atoms with Crippen LogP contribution in [0.4, 0.5) is 0 Å². The van der Waals surface area contributed by atoms with Gasteiger partial charge in [0.15, 0.2) is 0 Å². The molecule has 0 amide bonds. The highest BCUT2D eigenvalue weighted by atomic mass is 35.5. The van der Waals surface area contributed by atoms with E-state index >= 15 is 0 Å². The quantitative estimate of drug-likeness (QED) is 0.850. The Hall–Kier alpha value is -1.36. The molecule has 0 aliphatic heterocycles. The molecular formula is C15H20ClN3O. The van der Waals surface area contributed by atoms with Crippen LogP contribution < -0.4 is 0 Å². The van der Waals surface area contributed by atoms with Crippen LogP contribution in [0.3, 0.4) is 0 Å². The summed E-state index contributed by atoms with van der Waals surface area (Å²) in [6.07, 6.45) is 4.67. The first-order chi connectivity index (χ1) is 9.69. The van der Waals surface area contributed by atoms with Crippen molar-refractivity contribution >= 4 is 11.6 Å². The van der Waals surface area contributed by atoms with Crippen LogP contribution in [-0.2, 0) is 20.0 Å². The largest absolute Gasteiger partial charge is 0.395 e. The SMILES string of the molecule is Cn1ccnc1CN(CCO)CCc1ccc(Cl)cc1. The number of hydrogen-bond donors (Lipinski definition) is 1. The summed E-state index contributed by atoms with van der Waals surface area (Å²) in [6, 6.07) is 7.90. The fourth-order valence-electron chi connectivity index (χ4n) is 2.10. The minimum absolute atomic E-state index is 0.158. The minimum atomic E-state index is 0.158. The van der Waals surface area contributed by atoms with Gasteiger partial charge in [-0.05, 0) is 24.1 Å². The summed E-state index contributed by atoms with van der Waals surface area (Å²) >= 11 is 5.88. The van der Waals surface area contributed by atoms with Crippen LogP contribution in [0.2, 0.25) is 5.02 Å². The number of benzene rings is 1. The highest BCUT2D eigenvalue weighted by Crippen LogP contribution is 2.11. The highest BCUT2D eigenvalue weighted by molar-refractivity contribution is 6.30. The molecule has 2 aromatic rings. The van der Waals surface area contributed by atoms with Gasteiger partial charge in [-0.2, -0.15) is 0 Å². The molecule has 2 rings (SSSR count). The van der Waals surface area contributed by atoms with Crippen molar-refractivity contribution in [3.05, 3.63) is 53.1 Å². The van der Waals surface area contributed by atoms with Crippen LogP contribution >= 0.6 is 11.6 Å². The number of aliphatic hydroxyl groups excluding tert-OH is 1. The van der Waals surface area contributed by atoms with Crippen LogP contribution in [-0.4, -0.2) is 39.3 Å². The van der Waals surface area contributed by atoms with E-state index in [1.54, 1.807) is 6.20 Å². The Morgan fingerprint density at radius 1 is 1.25 bits per heavy atom. The number of imidazole rings is 1. The predicted molar refractivity (Wildman–Crippen MR) is 80.7 cm³/mol. The third kappa shape index (κ3) is 4.34. The van der Waals surface area contributed by atoms with Gasteiger partial charge >= 0.3 is 0 Å². The van der Waals surface area contributed by atoms with Gasteiger partial charge in [0.1, 0.15) is 5.82 Å². The van der Waals surface area contributed by atoms with Gasteiger partial charge in [-0.25, -0.2) is 4.98 Å². The molecule has 1 aromatic heterocycles. The van der Waals surface area contributed by atoms with Gasteiger partial charge in [0.25, 0.3) is 0 Å². The zero-order valence-electron chi connectivity index (χ0n) is 11.7. The molecule has 0 radical (unpaired) electrons. The monoisotopic (exact) mass is 293 g/mol. The smallest absolute Gasteiger partial charge is 0.122 e. The van der Waals surface area contributed by atoms with Crippen molar-refractivity contribution in [3.8, 4) is 0 Å². The number of aromatic nitrogens is 2. The number of rotatable bonds is 7. The molecule has 108 valence electrons. The maximum atomic E-state index is 9.18. The molecule has 0 unspecified atom stereocenters. The van der Waals surface area contributed by atoms with E-state index in [-0.39, 0.29) is 6.61 Å². The van der Waals surface area contributed by atoms with E-state index < -0.39 is 0 Å².